The van der Waals surface area contributed by atoms with Crippen molar-refractivity contribution in [3.63, 3.8) is 0 Å². The first-order chi connectivity index (χ1) is 16.6. The highest BCUT2D eigenvalue weighted by Gasteiger charge is 2.34. The summed E-state index contributed by atoms with van der Waals surface area (Å²) in [6, 6.07) is 18.6. The molecule has 5 rings (SSSR count). The molecule has 3 aromatic carbocycles. The van der Waals surface area contributed by atoms with Gasteiger partial charge in [0.05, 0.1) is 11.4 Å². The number of benzene rings is 3. The molecule has 1 saturated heterocycles. The van der Waals surface area contributed by atoms with Crippen molar-refractivity contribution in [3.8, 4) is 16.9 Å². The zero-order valence-electron chi connectivity index (χ0n) is 19.0. The predicted molar refractivity (Wildman–Crippen MR) is 135 cm³/mol. The summed E-state index contributed by atoms with van der Waals surface area (Å²) in [5.74, 6) is 1.50. The fourth-order valence-corrected chi connectivity index (χ4v) is 5.53. The number of carbonyl (C=O) groups excluding carboxylic acids is 2. The standard InChI is InChI=1S/C27H26N2O4S/c1-3-26(30)28-13-18(14-28)15-29-24-9-8-20(11-25(24)34-16-27(29)31)23-12-21(33-17-32-2)10-19-6-4-5-7-22(19)23/h3-12,18H,1,13-17H2,2H3. The van der Waals surface area contributed by atoms with Crippen LogP contribution in [0.25, 0.3) is 21.9 Å². The molecule has 2 aliphatic rings. The van der Waals surface area contributed by atoms with Crippen molar-refractivity contribution < 1.29 is 19.1 Å². The predicted octanol–water partition coefficient (Wildman–Crippen LogP) is 4.57. The van der Waals surface area contributed by atoms with E-state index in [1.807, 2.05) is 35.2 Å². The van der Waals surface area contributed by atoms with E-state index >= 15 is 0 Å². The second-order valence-corrected chi connectivity index (χ2v) is 9.55. The van der Waals surface area contributed by atoms with Crippen LogP contribution in [0.2, 0.25) is 0 Å². The summed E-state index contributed by atoms with van der Waals surface area (Å²) in [6.07, 6.45) is 1.34. The van der Waals surface area contributed by atoms with Crippen molar-refractivity contribution in [2.24, 2.45) is 5.92 Å². The number of nitrogens with zero attached hydrogens (tertiary/aromatic N) is 2. The van der Waals surface area contributed by atoms with E-state index in [1.54, 1.807) is 23.8 Å². The lowest BCUT2D eigenvalue weighted by Crippen LogP contribution is -2.54. The number of anilines is 1. The van der Waals surface area contributed by atoms with Gasteiger partial charge in [0.2, 0.25) is 11.8 Å². The van der Waals surface area contributed by atoms with Crippen LogP contribution in [-0.4, -0.2) is 56.0 Å². The second kappa shape index (κ2) is 9.52. The highest BCUT2D eigenvalue weighted by atomic mass is 32.2. The van der Waals surface area contributed by atoms with Crippen molar-refractivity contribution >= 4 is 40.0 Å². The SMILES string of the molecule is C=CC(=O)N1CC(CN2C(=O)CSc3cc(-c4cc(OCOC)cc5ccccc45)ccc32)C1. The average molecular weight is 475 g/mol. The number of thioether (sulfide) groups is 1. The highest BCUT2D eigenvalue weighted by Crippen LogP contribution is 2.41. The van der Waals surface area contributed by atoms with Gasteiger partial charge in [-0.1, -0.05) is 36.9 Å². The lowest BCUT2D eigenvalue weighted by Gasteiger charge is -2.42. The van der Waals surface area contributed by atoms with Crippen LogP contribution >= 0.6 is 11.8 Å². The minimum atomic E-state index is -0.0502. The monoisotopic (exact) mass is 474 g/mol. The molecule has 1 fully saturated rings. The maximum Gasteiger partial charge on any atom is 0.245 e. The molecule has 0 atom stereocenters. The van der Waals surface area contributed by atoms with E-state index in [9.17, 15) is 9.59 Å². The fourth-order valence-electron chi connectivity index (χ4n) is 4.56. The topological polar surface area (TPSA) is 59.1 Å². The van der Waals surface area contributed by atoms with E-state index in [2.05, 4.69) is 30.8 Å². The molecule has 3 aromatic rings. The average Bonchev–Trinajstić information content (AvgIpc) is 2.84. The molecule has 6 nitrogen and oxygen atoms in total. The van der Waals surface area contributed by atoms with Crippen molar-refractivity contribution in [1.29, 1.82) is 0 Å². The number of hydrogen-bond donors (Lipinski definition) is 0. The molecule has 2 aliphatic heterocycles. The quantitative estimate of drug-likeness (QED) is 0.371. The van der Waals surface area contributed by atoms with Gasteiger partial charge in [-0.2, -0.15) is 0 Å². The third-order valence-corrected chi connectivity index (χ3v) is 7.31. The Bertz CT molecular complexity index is 1270. The van der Waals surface area contributed by atoms with Gasteiger partial charge in [0.25, 0.3) is 0 Å². The number of carbonyl (C=O) groups is 2. The van der Waals surface area contributed by atoms with Crippen LogP contribution in [0.4, 0.5) is 5.69 Å². The van der Waals surface area contributed by atoms with E-state index in [1.165, 1.54) is 6.08 Å². The Labute approximate surface area is 203 Å². The number of likely N-dealkylation sites (tertiary alicyclic amines) is 1. The van der Waals surface area contributed by atoms with Crippen LogP contribution in [0, 0.1) is 5.92 Å². The van der Waals surface area contributed by atoms with Crippen molar-refractivity contribution in [3.05, 3.63) is 67.3 Å². The molecule has 0 bridgehead atoms. The zero-order chi connectivity index (χ0) is 23.7. The Morgan fingerprint density at radius 3 is 2.79 bits per heavy atom. The largest absolute Gasteiger partial charge is 0.468 e. The maximum atomic E-state index is 12.8. The summed E-state index contributed by atoms with van der Waals surface area (Å²) < 4.78 is 10.8. The van der Waals surface area contributed by atoms with Crippen LogP contribution in [0.5, 0.6) is 5.75 Å². The maximum absolute atomic E-state index is 12.8. The molecule has 0 radical (unpaired) electrons. The third-order valence-electron chi connectivity index (χ3n) is 6.28. The Morgan fingerprint density at radius 1 is 1.18 bits per heavy atom. The summed E-state index contributed by atoms with van der Waals surface area (Å²) in [6.45, 7) is 5.68. The molecule has 34 heavy (non-hydrogen) atoms. The highest BCUT2D eigenvalue weighted by molar-refractivity contribution is 8.00. The van der Waals surface area contributed by atoms with Gasteiger partial charge in [0.15, 0.2) is 6.79 Å². The Kier molecular flexibility index (Phi) is 6.30. The van der Waals surface area contributed by atoms with Crippen LogP contribution < -0.4 is 9.64 Å². The molecule has 7 heteroatoms. The first kappa shape index (κ1) is 22.5. The molecular weight excluding hydrogens is 448 g/mol. The summed E-state index contributed by atoms with van der Waals surface area (Å²) in [4.78, 5) is 29.2. The van der Waals surface area contributed by atoms with E-state index in [-0.39, 0.29) is 24.5 Å². The molecule has 0 aliphatic carbocycles. The Balaban J connectivity index is 1.44. The molecule has 0 N–H and O–H groups in total. The normalized spacial score (nSPS) is 15.7. The lowest BCUT2D eigenvalue weighted by atomic mass is 9.96. The minimum absolute atomic E-state index is 0.0502. The summed E-state index contributed by atoms with van der Waals surface area (Å²) >= 11 is 1.57. The van der Waals surface area contributed by atoms with Crippen molar-refractivity contribution in [2.45, 2.75) is 4.90 Å². The van der Waals surface area contributed by atoms with Crippen LogP contribution in [-0.2, 0) is 14.3 Å². The third kappa shape index (κ3) is 4.29. The molecule has 0 spiro atoms. The van der Waals surface area contributed by atoms with Gasteiger partial charge >= 0.3 is 0 Å². The number of ether oxygens (including phenoxy) is 2. The zero-order valence-corrected chi connectivity index (χ0v) is 19.8. The van der Waals surface area contributed by atoms with Gasteiger partial charge < -0.3 is 19.3 Å². The number of methoxy groups -OCH3 is 1. The summed E-state index contributed by atoms with van der Waals surface area (Å²) in [5.41, 5.74) is 3.09. The molecule has 174 valence electrons. The smallest absolute Gasteiger partial charge is 0.245 e. The van der Waals surface area contributed by atoms with Gasteiger partial charge in [0.1, 0.15) is 5.75 Å². The van der Waals surface area contributed by atoms with E-state index in [0.717, 1.165) is 38.2 Å². The number of hydrogen-bond acceptors (Lipinski definition) is 5. The van der Waals surface area contributed by atoms with Gasteiger partial charge in [0, 0.05) is 37.6 Å². The lowest BCUT2D eigenvalue weighted by molar-refractivity contribution is -0.131. The minimum Gasteiger partial charge on any atom is -0.468 e. The molecule has 0 saturated carbocycles. The van der Waals surface area contributed by atoms with Crippen molar-refractivity contribution in [1.82, 2.24) is 4.90 Å². The Morgan fingerprint density at radius 2 is 2.00 bits per heavy atom. The fraction of sp³-hybridized carbons (Fsp3) is 0.259. The van der Waals surface area contributed by atoms with Gasteiger partial charge in [-0.05, 0) is 52.2 Å². The number of amides is 2. The Hall–Kier alpha value is -3.29. The van der Waals surface area contributed by atoms with Crippen LogP contribution in [0.3, 0.4) is 0 Å². The van der Waals surface area contributed by atoms with Crippen molar-refractivity contribution in [2.75, 3.05) is 44.2 Å². The second-order valence-electron chi connectivity index (χ2n) is 8.53. The summed E-state index contributed by atoms with van der Waals surface area (Å²) in [7, 11) is 1.61. The number of fused-ring (bicyclic) bond motifs is 2. The van der Waals surface area contributed by atoms with E-state index in [0.29, 0.717) is 25.4 Å². The van der Waals surface area contributed by atoms with E-state index < -0.39 is 0 Å². The van der Waals surface area contributed by atoms with Gasteiger partial charge in [-0.25, -0.2) is 0 Å². The first-order valence-electron chi connectivity index (χ1n) is 11.2. The van der Waals surface area contributed by atoms with Crippen LogP contribution in [0.1, 0.15) is 0 Å². The van der Waals surface area contributed by atoms with Gasteiger partial charge in [-0.15, -0.1) is 11.8 Å². The van der Waals surface area contributed by atoms with Gasteiger partial charge in [-0.3, -0.25) is 9.59 Å². The molecule has 0 unspecified atom stereocenters. The molecular formula is C27H26N2O4S. The molecule has 2 heterocycles. The molecule has 2 amide bonds. The first-order valence-corrected chi connectivity index (χ1v) is 12.2. The summed E-state index contributed by atoms with van der Waals surface area (Å²) in [5, 5.41) is 2.24. The van der Waals surface area contributed by atoms with E-state index in [4.69, 9.17) is 9.47 Å². The molecule has 0 aromatic heterocycles. The van der Waals surface area contributed by atoms with Crippen LogP contribution in [0.15, 0.2) is 72.1 Å². The number of rotatable bonds is 7.